The van der Waals surface area contributed by atoms with Gasteiger partial charge in [-0.2, -0.15) is 13.2 Å². The molecule has 0 N–H and O–H groups in total. The molecule has 31 heavy (non-hydrogen) atoms. The summed E-state index contributed by atoms with van der Waals surface area (Å²) in [6.07, 6.45) is -4.42. The fraction of sp³-hybridized carbons (Fsp3) is 0.286. The molecule has 0 aliphatic carbocycles. The zero-order valence-corrected chi connectivity index (χ0v) is 17.5. The molecule has 0 fully saturated rings. The van der Waals surface area contributed by atoms with Crippen molar-refractivity contribution in [3.8, 4) is 0 Å². The van der Waals surface area contributed by atoms with E-state index < -0.39 is 17.6 Å². The third-order valence-electron chi connectivity index (χ3n) is 4.70. The number of hydrogen-bond acceptors (Lipinski definition) is 4. The van der Waals surface area contributed by atoms with Gasteiger partial charge in [0, 0.05) is 12.3 Å². The van der Waals surface area contributed by atoms with Gasteiger partial charge in [0.1, 0.15) is 5.82 Å². The number of rotatable bonds is 5. The van der Waals surface area contributed by atoms with Crippen LogP contribution in [-0.2, 0) is 18.5 Å². The minimum atomic E-state index is -4.42. The van der Waals surface area contributed by atoms with E-state index in [4.69, 9.17) is 0 Å². The topological polar surface area (TPSA) is 52.2 Å². The number of aromatic nitrogens is 4. The van der Waals surface area contributed by atoms with Crippen molar-refractivity contribution in [3.63, 3.8) is 0 Å². The number of fused-ring (bicyclic) bond motifs is 3. The first-order valence-electron chi connectivity index (χ1n) is 9.51. The Bertz CT molecular complexity index is 1330. The largest absolute Gasteiger partial charge is 0.416 e. The van der Waals surface area contributed by atoms with Gasteiger partial charge in [-0.25, -0.2) is 4.39 Å². The van der Waals surface area contributed by atoms with Crippen LogP contribution >= 0.6 is 11.8 Å². The maximum atomic E-state index is 13.9. The van der Waals surface area contributed by atoms with Crippen molar-refractivity contribution in [2.75, 3.05) is 0 Å². The normalized spacial score (nSPS) is 12.4. The molecule has 4 aromatic rings. The zero-order chi connectivity index (χ0) is 22.3. The van der Waals surface area contributed by atoms with Crippen LogP contribution in [0.1, 0.15) is 25.0 Å². The monoisotopic (exact) mass is 450 g/mol. The van der Waals surface area contributed by atoms with Gasteiger partial charge in [-0.15, -0.1) is 10.2 Å². The van der Waals surface area contributed by atoms with E-state index in [2.05, 4.69) is 10.2 Å². The van der Waals surface area contributed by atoms with Crippen LogP contribution < -0.4 is 5.56 Å². The number of benzene rings is 2. The first-order chi connectivity index (χ1) is 14.6. The molecule has 0 unspecified atom stereocenters. The van der Waals surface area contributed by atoms with Gasteiger partial charge in [0.05, 0.1) is 16.5 Å². The lowest BCUT2D eigenvalue weighted by atomic mass is 10.1. The molecule has 0 bridgehead atoms. The summed E-state index contributed by atoms with van der Waals surface area (Å²) >= 11 is 1.19. The van der Waals surface area contributed by atoms with Crippen molar-refractivity contribution >= 4 is 28.4 Å². The van der Waals surface area contributed by atoms with Crippen LogP contribution in [0.4, 0.5) is 17.6 Å². The van der Waals surface area contributed by atoms with Crippen LogP contribution in [0.2, 0.25) is 0 Å². The fourth-order valence-corrected chi connectivity index (χ4v) is 4.25. The molecule has 0 amide bonds. The first kappa shape index (κ1) is 21.4. The van der Waals surface area contributed by atoms with Gasteiger partial charge >= 0.3 is 6.18 Å². The molecule has 5 nitrogen and oxygen atoms in total. The number of halogens is 4. The number of hydrogen-bond donors (Lipinski definition) is 0. The van der Waals surface area contributed by atoms with Crippen molar-refractivity contribution in [3.05, 3.63) is 69.8 Å². The molecule has 10 heteroatoms. The highest BCUT2D eigenvalue weighted by molar-refractivity contribution is 7.98. The summed E-state index contributed by atoms with van der Waals surface area (Å²) in [5.41, 5.74) is -0.165. The Morgan fingerprint density at radius 1 is 1.10 bits per heavy atom. The summed E-state index contributed by atoms with van der Waals surface area (Å²) in [6.45, 7) is 4.25. The van der Waals surface area contributed by atoms with Crippen LogP contribution in [0.25, 0.3) is 16.7 Å². The average Bonchev–Trinajstić information content (AvgIpc) is 3.13. The van der Waals surface area contributed by atoms with Gasteiger partial charge in [-0.05, 0) is 35.7 Å². The second-order valence-corrected chi connectivity index (χ2v) is 8.52. The van der Waals surface area contributed by atoms with E-state index in [1.807, 2.05) is 13.8 Å². The van der Waals surface area contributed by atoms with Crippen molar-refractivity contribution in [2.24, 2.45) is 5.92 Å². The predicted molar refractivity (Wildman–Crippen MR) is 111 cm³/mol. The first-order valence-corrected chi connectivity index (χ1v) is 10.5. The maximum Gasteiger partial charge on any atom is 0.416 e. The molecule has 0 radical (unpaired) electrons. The number of thioether (sulfide) groups is 1. The van der Waals surface area contributed by atoms with E-state index in [9.17, 15) is 22.4 Å². The van der Waals surface area contributed by atoms with Gasteiger partial charge in [0.15, 0.2) is 5.16 Å². The highest BCUT2D eigenvalue weighted by Gasteiger charge is 2.30. The lowest BCUT2D eigenvalue weighted by Gasteiger charge is -2.13. The zero-order valence-electron chi connectivity index (χ0n) is 16.7. The molecule has 2 aromatic heterocycles. The molecule has 2 heterocycles. The Labute approximate surface area is 178 Å². The molecule has 162 valence electrons. The second-order valence-electron chi connectivity index (χ2n) is 7.58. The summed E-state index contributed by atoms with van der Waals surface area (Å²) < 4.78 is 55.9. The van der Waals surface area contributed by atoms with Gasteiger partial charge in [-0.1, -0.05) is 43.8 Å². The third kappa shape index (κ3) is 4.16. The molecule has 0 aliphatic heterocycles. The molecule has 0 saturated heterocycles. The smallest absolute Gasteiger partial charge is 0.276 e. The van der Waals surface area contributed by atoms with Crippen molar-refractivity contribution in [2.45, 2.75) is 37.5 Å². The lowest BCUT2D eigenvalue weighted by Crippen LogP contribution is -2.25. The van der Waals surface area contributed by atoms with Crippen LogP contribution in [0.3, 0.4) is 0 Å². The summed E-state index contributed by atoms with van der Waals surface area (Å²) in [7, 11) is 0. The van der Waals surface area contributed by atoms with Crippen LogP contribution in [0.5, 0.6) is 0 Å². The van der Waals surface area contributed by atoms with Crippen molar-refractivity contribution in [1.29, 1.82) is 0 Å². The maximum absolute atomic E-state index is 13.9. The fourth-order valence-electron chi connectivity index (χ4n) is 3.37. The second kappa shape index (κ2) is 7.99. The van der Waals surface area contributed by atoms with E-state index in [0.717, 1.165) is 12.1 Å². The molecule has 2 aromatic carbocycles. The number of nitrogens with zero attached hydrogens (tertiary/aromatic N) is 4. The molecule has 4 rings (SSSR count). The summed E-state index contributed by atoms with van der Waals surface area (Å²) in [6, 6.07) is 8.99. The van der Waals surface area contributed by atoms with Crippen LogP contribution in [0.15, 0.2) is 52.4 Å². The third-order valence-corrected chi connectivity index (χ3v) is 5.70. The van der Waals surface area contributed by atoms with E-state index in [0.29, 0.717) is 28.6 Å². The Kier molecular flexibility index (Phi) is 5.50. The van der Waals surface area contributed by atoms with Crippen LogP contribution in [0, 0.1) is 11.7 Å². The minimum absolute atomic E-state index is 0.130. The Hall–Kier alpha value is -2.88. The highest BCUT2D eigenvalue weighted by Crippen LogP contribution is 2.31. The van der Waals surface area contributed by atoms with Gasteiger partial charge in [0.2, 0.25) is 5.78 Å². The quantitative estimate of drug-likeness (QED) is 0.312. The average molecular weight is 450 g/mol. The lowest BCUT2D eigenvalue weighted by molar-refractivity contribution is -0.137. The number of alkyl halides is 3. The summed E-state index contributed by atoms with van der Waals surface area (Å²) in [5, 5.41) is 8.91. The summed E-state index contributed by atoms with van der Waals surface area (Å²) in [5.74, 6) is 0.123. The molecular formula is C21H18F4N4OS. The van der Waals surface area contributed by atoms with Crippen LogP contribution in [-0.4, -0.2) is 19.2 Å². The molecule has 0 atom stereocenters. The van der Waals surface area contributed by atoms with E-state index in [1.54, 1.807) is 10.5 Å². The molecule has 0 saturated carbocycles. The van der Waals surface area contributed by atoms with E-state index >= 15 is 0 Å². The molecular weight excluding hydrogens is 432 g/mol. The Morgan fingerprint density at radius 3 is 2.58 bits per heavy atom. The van der Waals surface area contributed by atoms with Crippen molar-refractivity contribution in [1.82, 2.24) is 19.2 Å². The SMILES string of the molecule is CC(C)Cn1c(=O)c2cc(F)ccc2n2c(SCc3cccc(C(F)(F)F)c3)nnc12. The molecule has 0 aliphatic rings. The molecule has 0 spiro atoms. The van der Waals surface area contributed by atoms with E-state index in [1.165, 1.54) is 40.6 Å². The Balaban J connectivity index is 1.80. The Morgan fingerprint density at radius 2 is 1.87 bits per heavy atom. The van der Waals surface area contributed by atoms with Crippen molar-refractivity contribution < 1.29 is 17.6 Å². The van der Waals surface area contributed by atoms with Gasteiger partial charge < -0.3 is 0 Å². The van der Waals surface area contributed by atoms with Gasteiger partial charge in [-0.3, -0.25) is 13.8 Å². The minimum Gasteiger partial charge on any atom is -0.276 e. The summed E-state index contributed by atoms with van der Waals surface area (Å²) in [4.78, 5) is 13.0. The van der Waals surface area contributed by atoms with Gasteiger partial charge in [0.25, 0.3) is 5.56 Å². The standard InChI is InChI=1S/C21H18F4N4OS/c1-12(2)10-28-18(30)16-9-15(22)6-7-17(16)29-19(28)26-27-20(29)31-11-13-4-3-5-14(8-13)21(23,24)25/h3-9,12H,10-11H2,1-2H3. The highest BCUT2D eigenvalue weighted by atomic mass is 32.2. The van der Waals surface area contributed by atoms with E-state index in [-0.39, 0.29) is 22.6 Å². The predicted octanol–water partition coefficient (Wildman–Crippen LogP) is 5.15.